The molecule has 6 aromatic rings. The second-order valence-corrected chi connectivity index (χ2v) is 12.1. The van der Waals surface area contributed by atoms with Crippen LogP contribution in [0, 0.1) is 6.92 Å². The van der Waals surface area contributed by atoms with Crippen LogP contribution in [0.1, 0.15) is 43.0 Å². The van der Waals surface area contributed by atoms with Crippen molar-refractivity contribution in [3.63, 3.8) is 0 Å². The van der Waals surface area contributed by atoms with Gasteiger partial charge in [-0.3, -0.25) is 0 Å². The van der Waals surface area contributed by atoms with E-state index in [0.29, 0.717) is 0 Å². The summed E-state index contributed by atoms with van der Waals surface area (Å²) in [4.78, 5) is 2.50. The van der Waals surface area contributed by atoms with Crippen LogP contribution in [0.15, 0.2) is 140 Å². The first kappa shape index (κ1) is 27.0. The molecule has 0 radical (unpaired) electrons. The number of anilines is 3. The van der Waals surface area contributed by atoms with Gasteiger partial charge in [0.15, 0.2) is 0 Å². The third kappa shape index (κ3) is 4.48. The molecule has 7 rings (SSSR count). The summed E-state index contributed by atoms with van der Waals surface area (Å²) in [5.41, 5.74) is 16.5. The van der Waals surface area contributed by atoms with E-state index >= 15 is 0 Å². The molecule has 0 spiro atoms. The summed E-state index contributed by atoms with van der Waals surface area (Å²) in [5.74, 6) is 0. The van der Waals surface area contributed by atoms with E-state index in [-0.39, 0.29) is 5.41 Å². The van der Waals surface area contributed by atoms with Crippen molar-refractivity contribution in [2.45, 2.75) is 39.5 Å². The molecule has 1 aliphatic carbocycles. The minimum absolute atomic E-state index is 0.0866. The Bertz CT molecular complexity index is 1950. The van der Waals surface area contributed by atoms with Gasteiger partial charge in [0.05, 0.1) is 11.4 Å². The van der Waals surface area contributed by atoms with Crippen LogP contribution in [0.3, 0.4) is 0 Å². The zero-order valence-corrected chi connectivity index (χ0v) is 25.4. The number of hydrogen-bond acceptors (Lipinski definition) is 1. The highest BCUT2D eigenvalue weighted by Gasteiger charge is 2.36. The lowest BCUT2D eigenvalue weighted by Gasteiger charge is -2.32. The van der Waals surface area contributed by atoms with Crippen LogP contribution in [-0.4, -0.2) is 0 Å². The molecule has 0 bridgehead atoms. The molecule has 1 nitrogen and oxygen atoms in total. The molecule has 0 atom stereocenters. The Hall–Kier alpha value is -4.88. The summed E-state index contributed by atoms with van der Waals surface area (Å²) in [6.45, 7) is 9.21. The van der Waals surface area contributed by atoms with Crippen molar-refractivity contribution in [1.82, 2.24) is 0 Å². The molecule has 0 N–H and O–H groups in total. The van der Waals surface area contributed by atoms with Crippen molar-refractivity contribution in [3.8, 4) is 33.4 Å². The van der Waals surface area contributed by atoms with Crippen LogP contribution in [0.25, 0.3) is 33.4 Å². The third-order valence-electron chi connectivity index (χ3n) is 9.22. The van der Waals surface area contributed by atoms with E-state index in [4.69, 9.17) is 0 Å². The first-order valence-corrected chi connectivity index (χ1v) is 15.4. The number of aryl methyl sites for hydroxylation is 2. The Morgan fingerprint density at radius 3 is 1.93 bits per heavy atom. The predicted molar refractivity (Wildman–Crippen MR) is 184 cm³/mol. The first-order valence-electron chi connectivity index (χ1n) is 15.4. The first-order chi connectivity index (χ1) is 21.0. The molecular weight excluding hydrogens is 518 g/mol. The van der Waals surface area contributed by atoms with Crippen LogP contribution in [0.5, 0.6) is 0 Å². The maximum atomic E-state index is 2.50. The highest BCUT2D eigenvalue weighted by molar-refractivity contribution is 5.96. The van der Waals surface area contributed by atoms with Gasteiger partial charge in [0.1, 0.15) is 0 Å². The lowest BCUT2D eigenvalue weighted by atomic mass is 9.82. The molecule has 1 aliphatic rings. The molecule has 0 fully saturated rings. The minimum Gasteiger partial charge on any atom is -0.309 e. The Morgan fingerprint density at radius 2 is 1.16 bits per heavy atom. The molecule has 0 heterocycles. The average Bonchev–Trinajstić information content (AvgIpc) is 3.28. The lowest BCUT2D eigenvalue weighted by molar-refractivity contribution is 0.660. The standard InChI is InChI=1S/C42H37N/c1-5-30-19-15-25-40(41(30)33-20-10-9-16-29(33)2)43(39-24-14-12-21-34(39)31-17-7-6-8-18-31)32-26-27-36-35-22-11-13-23-37(35)42(3,4)38(36)28-32/h6-28H,5H2,1-4H3. The van der Waals surface area contributed by atoms with Crippen molar-refractivity contribution in [2.24, 2.45) is 0 Å². The van der Waals surface area contributed by atoms with Crippen molar-refractivity contribution in [1.29, 1.82) is 0 Å². The van der Waals surface area contributed by atoms with Gasteiger partial charge in [0.2, 0.25) is 0 Å². The van der Waals surface area contributed by atoms with Crippen molar-refractivity contribution >= 4 is 17.1 Å². The largest absolute Gasteiger partial charge is 0.309 e. The van der Waals surface area contributed by atoms with E-state index in [2.05, 4.69) is 172 Å². The van der Waals surface area contributed by atoms with E-state index < -0.39 is 0 Å². The molecular formula is C42H37N. The summed E-state index contributed by atoms with van der Waals surface area (Å²) in [6, 6.07) is 51.2. The fourth-order valence-corrected chi connectivity index (χ4v) is 7.00. The number of fused-ring (bicyclic) bond motifs is 3. The van der Waals surface area contributed by atoms with E-state index in [9.17, 15) is 0 Å². The summed E-state index contributed by atoms with van der Waals surface area (Å²) in [5, 5.41) is 0. The Kier molecular flexibility index (Phi) is 6.75. The Balaban J connectivity index is 1.54. The van der Waals surface area contributed by atoms with Gasteiger partial charge in [-0.25, -0.2) is 0 Å². The van der Waals surface area contributed by atoms with E-state index in [1.807, 2.05) is 0 Å². The molecule has 0 saturated carbocycles. The van der Waals surface area contributed by atoms with Crippen LogP contribution in [0.2, 0.25) is 0 Å². The van der Waals surface area contributed by atoms with Crippen LogP contribution in [0.4, 0.5) is 17.1 Å². The predicted octanol–water partition coefficient (Wildman–Crippen LogP) is 11.7. The highest BCUT2D eigenvalue weighted by Crippen LogP contribution is 2.52. The third-order valence-corrected chi connectivity index (χ3v) is 9.22. The topological polar surface area (TPSA) is 3.24 Å². The maximum Gasteiger partial charge on any atom is 0.0543 e. The van der Waals surface area contributed by atoms with Gasteiger partial charge in [-0.15, -0.1) is 0 Å². The van der Waals surface area contributed by atoms with Gasteiger partial charge >= 0.3 is 0 Å². The van der Waals surface area contributed by atoms with Crippen molar-refractivity contribution in [2.75, 3.05) is 4.90 Å². The second-order valence-electron chi connectivity index (χ2n) is 12.1. The quantitative estimate of drug-likeness (QED) is 0.198. The van der Waals surface area contributed by atoms with Gasteiger partial charge in [0.25, 0.3) is 0 Å². The van der Waals surface area contributed by atoms with Crippen LogP contribution >= 0.6 is 0 Å². The number of hydrogen-bond donors (Lipinski definition) is 0. The van der Waals surface area contributed by atoms with Gasteiger partial charge < -0.3 is 4.90 Å². The molecule has 0 amide bonds. The summed E-state index contributed by atoms with van der Waals surface area (Å²) < 4.78 is 0. The summed E-state index contributed by atoms with van der Waals surface area (Å²) in [7, 11) is 0. The fraction of sp³-hybridized carbons (Fsp3) is 0.143. The zero-order valence-electron chi connectivity index (χ0n) is 25.4. The SMILES string of the molecule is CCc1cccc(N(c2ccc3c(c2)C(C)(C)c2ccccc2-3)c2ccccc2-c2ccccc2)c1-c1ccccc1C. The highest BCUT2D eigenvalue weighted by atomic mass is 15.1. The van der Waals surface area contributed by atoms with E-state index in [1.165, 1.54) is 72.7 Å². The number of rotatable bonds is 6. The van der Waals surface area contributed by atoms with Crippen molar-refractivity contribution in [3.05, 3.63) is 162 Å². The van der Waals surface area contributed by atoms with Gasteiger partial charge in [0, 0.05) is 22.2 Å². The Morgan fingerprint density at radius 1 is 0.535 bits per heavy atom. The van der Waals surface area contributed by atoms with Gasteiger partial charge in [-0.2, -0.15) is 0 Å². The van der Waals surface area contributed by atoms with Crippen LogP contribution < -0.4 is 4.90 Å². The lowest BCUT2D eigenvalue weighted by Crippen LogP contribution is -2.17. The molecule has 0 aliphatic heterocycles. The molecule has 0 unspecified atom stereocenters. The Labute approximate surface area is 256 Å². The summed E-state index contributed by atoms with van der Waals surface area (Å²) in [6.07, 6.45) is 0.957. The van der Waals surface area contributed by atoms with Gasteiger partial charge in [-0.1, -0.05) is 136 Å². The second kappa shape index (κ2) is 10.7. The number of nitrogens with zero attached hydrogens (tertiary/aromatic N) is 1. The summed E-state index contributed by atoms with van der Waals surface area (Å²) >= 11 is 0. The van der Waals surface area contributed by atoms with E-state index in [1.54, 1.807) is 0 Å². The normalized spacial score (nSPS) is 12.9. The molecule has 0 saturated heterocycles. The number of para-hydroxylation sites is 1. The fourth-order valence-electron chi connectivity index (χ4n) is 7.00. The number of benzene rings is 6. The molecule has 43 heavy (non-hydrogen) atoms. The monoisotopic (exact) mass is 555 g/mol. The van der Waals surface area contributed by atoms with E-state index in [0.717, 1.165) is 6.42 Å². The minimum atomic E-state index is -0.0866. The zero-order chi connectivity index (χ0) is 29.6. The van der Waals surface area contributed by atoms with Crippen molar-refractivity contribution < 1.29 is 0 Å². The smallest absolute Gasteiger partial charge is 0.0543 e. The molecule has 1 heteroatoms. The molecule has 0 aromatic heterocycles. The molecule has 210 valence electrons. The average molecular weight is 556 g/mol. The van der Waals surface area contributed by atoms with Crippen LogP contribution in [-0.2, 0) is 11.8 Å². The molecule has 6 aromatic carbocycles. The maximum absolute atomic E-state index is 2.50. The van der Waals surface area contributed by atoms with Gasteiger partial charge in [-0.05, 0) is 82.1 Å².